The highest BCUT2D eigenvalue weighted by molar-refractivity contribution is 6.33. The standard InChI is InChI=1S/C10H11ClN4O/c1-5-8(6(2)16-15-5)9-7(11)4-13-10(12-3)14-9/h4H,1-3H3,(H,12,13,14). The van der Waals surface area contributed by atoms with Crippen molar-refractivity contribution in [1.82, 2.24) is 15.1 Å². The van der Waals surface area contributed by atoms with Gasteiger partial charge < -0.3 is 9.84 Å². The van der Waals surface area contributed by atoms with Crippen molar-refractivity contribution in [2.75, 3.05) is 12.4 Å². The van der Waals surface area contributed by atoms with Gasteiger partial charge in [-0.15, -0.1) is 0 Å². The van der Waals surface area contributed by atoms with Gasteiger partial charge in [-0.1, -0.05) is 16.8 Å². The Balaban J connectivity index is 2.63. The first kappa shape index (κ1) is 10.9. The summed E-state index contributed by atoms with van der Waals surface area (Å²) in [4.78, 5) is 8.32. The van der Waals surface area contributed by atoms with Crippen molar-refractivity contribution in [2.45, 2.75) is 13.8 Å². The normalized spacial score (nSPS) is 10.5. The van der Waals surface area contributed by atoms with Gasteiger partial charge in [0.15, 0.2) is 0 Å². The van der Waals surface area contributed by atoms with Crippen LogP contribution in [0.25, 0.3) is 11.3 Å². The molecule has 2 aromatic rings. The predicted octanol–water partition coefficient (Wildman–Crippen LogP) is 2.44. The second kappa shape index (κ2) is 4.09. The van der Waals surface area contributed by atoms with Crippen molar-refractivity contribution in [3.05, 3.63) is 22.7 Å². The van der Waals surface area contributed by atoms with E-state index in [4.69, 9.17) is 16.1 Å². The van der Waals surface area contributed by atoms with Crippen LogP contribution in [0.1, 0.15) is 11.5 Å². The smallest absolute Gasteiger partial charge is 0.223 e. The van der Waals surface area contributed by atoms with Gasteiger partial charge in [-0.3, -0.25) is 0 Å². The van der Waals surface area contributed by atoms with Crippen LogP contribution in [0.15, 0.2) is 10.7 Å². The molecular formula is C10H11ClN4O. The molecule has 0 bridgehead atoms. The summed E-state index contributed by atoms with van der Waals surface area (Å²) < 4.78 is 5.09. The van der Waals surface area contributed by atoms with Crippen molar-refractivity contribution >= 4 is 17.5 Å². The van der Waals surface area contributed by atoms with Crippen molar-refractivity contribution < 1.29 is 4.52 Å². The van der Waals surface area contributed by atoms with Gasteiger partial charge in [0.1, 0.15) is 5.76 Å². The highest BCUT2D eigenvalue weighted by Crippen LogP contribution is 2.31. The number of aryl methyl sites for hydroxylation is 2. The Bertz CT molecular complexity index is 504. The van der Waals surface area contributed by atoms with E-state index in [0.29, 0.717) is 22.4 Å². The summed E-state index contributed by atoms with van der Waals surface area (Å²) in [5.74, 6) is 1.21. The molecule has 0 aromatic carbocycles. The van der Waals surface area contributed by atoms with Gasteiger partial charge >= 0.3 is 0 Å². The van der Waals surface area contributed by atoms with Crippen LogP contribution in [-0.4, -0.2) is 22.2 Å². The van der Waals surface area contributed by atoms with Crippen LogP contribution in [0, 0.1) is 13.8 Å². The van der Waals surface area contributed by atoms with Crippen molar-refractivity contribution in [2.24, 2.45) is 0 Å². The van der Waals surface area contributed by atoms with E-state index >= 15 is 0 Å². The third kappa shape index (κ3) is 1.74. The minimum absolute atomic E-state index is 0.480. The monoisotopic (exact) mass is 238 g/mol. The fourth-order valence-corrected chi connectivity index (χ4v) is 1.67. The highest BCUT2D eigenvalue weighted by atomic mass is 35.5. The molecule has 0 saturated carbocycles. The van der Waals surface area contributed by atoms with E-state index in [0.717, 1.165) is 11.3 Å². The summed E-state index contributed by atoms with van der Waals surface area (Å²) in [6, 6.07) is 0. The molecule has 5 nitrogen and oxygen atoms in total. The van der Waals surface area contributed by atoms with Crippen LogP contribution in [0.5, 0.6) is 0 Å². The number of nitrogens with zero attached hydrogens (tertiary/aromatic N) is 3. The largest absolute Gasteiger partial charge is 0.361 e. The number of anilines is 1. The molecule has 0 radical (unpaired) electrons. The number of hydrogen-bond acceptors (Lipinski definition) is 5. The van der Waals surface area contributed by atoms with Gasteiger partial charge in [0.25, 0.3) is 0 Å². The Morgan fingerprint density at radius 2 is 2.12 bits per heavy atom. The van der Waals surface area contributed by atoms with Crippen LogP contribution >= 0.6 is 11.6 Å². The number of halogens is 1. The van der Waals surface area contributed by atoms with E-state index < -0.39 is 0 Å². The van der Waals surface area contributed by atoms with Gasteiger partial charge in [-0.05, 0) is 13.8 Å². The lowest BCUT2D eigenvalue weighted by atomic mass is 10.1. The SMILES string of the molecule is CNc1ncc(Cl)c(-c2c(C)noc2C)n1. The third-order valence-electron chi connectivity index (χ3n) is 2.24. The molecule has 0 unspecified atom stereocenters. The molecule has 2 aromatic heterocycles. The average Bonchev–Trinajstić information content (AvgIpc) is 2.60. The van der Waals surface area contributed by atoms with E-state index in [1.54, 1.807) is 13.2 Å². The summed E-state index contributed by atoms with van der Waals surface area (Å²) in [5, 5.41) is 7.22. The van der Waals surface area contributed by atoms with E-state index in [1.165, 1.54) is 0 Å². The molecule has 6 heteroatoms. The maximum absolute atomic E-state index is 6.07. The number of nitrogens with one attached hydrogen (secondary N) is 1. The van der Waals surface area contributed by atoms with Gasteiger partial charge in [-0.25, -0.2) is 9.97 Å². The molecule has 0 spiro atoms. The molecule has 16 heavy (non-hydrogen) atoms. The molecule has 0 aliphatic heterocycles. The molecule has 0 aliphatic carbocycles. The molecule has 0 saturated heterocycles. The minimum atomic E-state index is 0.480. The quantitative estimate of drug-likeness (QED) is 0.871. The number of aromatic nitrogens is 3. The molecule has 84 valence electrons. The Kier molecular flexibility index (Phi) is 2.78. The van der Waals surface area contributed by atoms with Crippen LogP contribution in [0.4, 0.5) is 5.95 Å². The van der Waals surface area contributed by atoms with E-state index in [2.05, 4.69) is 20.4 Å². The molecule has 0 aliphatic rings. The predicted molar refractivity (Wildman–Crippen MR) is 61.6 cm³/mol. The molecule has 2 rings (SSSR count). The summed E-state index contributed by atoms with van der Waals surface area (Å²) in [6.07, 6.45) is 1.56. The van der Waals surface area contributed by atoms with Crippen LogP contribution in [0.3, 0.4) is 0 Å². The minimum Gasteiger partial charge on any atom is -0.361 e. The van der Waals surface area contributed by atoms with Crippen molar-refractivity contribution in [3.63, 3.8) is 0 Å². The maximum atomic E-state index is 6.07. The lowest BCUT2D eigenvalue weighted by Gasteiger charge is -2.04. The topological polar surface area (TPSA) is 63.8 Å². The van der Waals surface area contributed by atoms with Crippen LogP contribution < -0.4 is 5.32 Å². The highest BCUT2D eigenvalue weighted by Gasteiger charge is 2.16. The lowest BCUT2D eigenvalue weighted by Crippen LogP contribution is -1.98. The van der Waals surface area contributed by atoms with Crippen LogP contribution in [0.2, 0.25) is 5.02 Å². The molecular weight excluding hydrogens is 228 g/mol. The Hall–Kier alpha value is -1.62. The second-order valence-corrected chi connectivity index (χ2v) is 3.75. The molecule has 0 fully saturated rings. The Labute approximate surface area is 97.8 Å². The van der Waals surface area contributed by atoms with E-state index in [-0.39, 0.29) is 0 Å². The van der Waals surface area contributed by atoms with E-state index in [9.17, 15) is 0 Å². The first-order valence-corrected chi connectivity index (χ1v) is 5.14. The zero-order valence-electron chi connectivity index (χ0n) is 9.21. The zero-order chi connectivity index (χ0) is 11.7. The lowest BCUT2D eigenvalue weighted by molar-refractivity contribution is 0.393. The summed E-state index contributed by atoms with van der Waals surface area (Å²) in [6.45, 7) is 3.68. The third-order valence-corrected chi connectivity index (χ3v) is 2.51. The zero-order valence-corrected chi connectivity index (χ0v) is 9.96. The molecule has 1 N–H and O–H groups in total. The van der Waals surface area contributed by atoms with Crippen LogP contribution in [-0.2, 0) is 0 Å². The number of hydrogen-bond donors (Lipinski definition) is 1. The van der Waals surface area contributed by atoms with Crippen molar-refractivity contribution in [3.8, 4) is 11.3 Å². The Morgan fingerprint density at radius 3 is 2.69 bits per heavy atom. The fourth-order valence-electron chi connectivity index (χ4n) is 1.48. The van der Waals surface area contributed by atoms with Gasteiger partial charge in [0.2, 0.25) is 5.95 Å². The van der Waals surface area contributed by atoms with E-state index in [1.807, 2.05) is 13.8 Å². The fraction of sp³-hybridized carbons (Fsp3) is 0.300. The van der Waals surface area contributed by atoms with Gasteiger partial charge in [0, 0.05) is 7.05 Å². The summed E-state index contributed by atoms with van der Waals surface area (Å²) in [7, 11) is 1.75. The van der Waals surface area contributed by atoms with Crippen molar-refractivity contribution in [1.29, 1.82) is 0 Å². The van der Waals surface area contributed by atoms with Gasteiger partial charge in [-0.2, -0.15) is 0 Å². The molecule has 2 heterocycles. The first-order valence-electron chi connectivity index (χ1n) is 4.77. The van der Waals surface area contributed by atoms with Gasteiger partial charge in [0.05, 0.1) is 28.2 Å². The molecule has 0 atom stereocenters. The molecule has 0 amide bonds. The number of rotatable bonds is 2. The summed E-state index contributed by atoms with van der Waals surface area (Å²) >= 11 is 6.07. The first-order chi connectivity index (χ1) is 7.63. The second-order valence-electron chi connectivity index (χ2n) is 3.34. The average molecular weight is 239 g/mol. The Morgan fingerprint density at radius 1 is 1.38 bits per heavy atom. The summed E-state index contributed by atoms with van der Waals surface area (Å²) in [5.41, 5.74) is 2.22. The maximum Gasteiger partial charge on any atom is 0.223 e.